The lowest BCUT2D eigenvalue weighted by Crippen LogP contribution is -2.40. The number of hydrogen-bond donors (Lipinski definition) is 3. The summed E-state index contributed by atoms with van der Waals surface area (Å²) in [5.41, 5.74) is 2.46. The monoisotopic (exact) mass is 447 g/mol. The van der Waals surface area contributed by atoms with E-state index in [9.17, 15) is 23.1 Å². The van der Waals surface area contributed by atoms with Crippen molar-refractivity contribution in [3.63, 3.8) is 0 Å². The largest absolute Gasteiger partial charge is 0.405 e. The predicted molar refractivity (Wildman–Crippen MR) is 114 cm³/mol. The van der Waals surface area contributed by atoms with Gasteiger partial charge in [0.05, 0.1) is 17.5 Å². The standard InChI is InChI=1S/C22H24F3N5O2/c1-29-9-6-21(32,7-10-29)16-5-8-30-18(13-26-19(30)12-16)15-3-2-4-17(11-15)28-20(31)27-14-22(23,24)25/h2-5,8,11-13,32H,6-7,9-10,14H2,1H3,(H2,27,28,31). The first-order valence-corrected chi connectivity index (χ1v) is 10.2. The van der Waals surface area contributed by atoms with Crippen LogP contribution in [0.15, 0.2) is 48.8 Å². The maximum atomic E-state index is 12.3. The number of nitrogens with zero attached hydrogens (tertiary/aromatic N) is 3. The number of amides is 2. The highest BCUT2D eigenvalue weighted by Crippen LogP contribution is 2.33. The van der Waals surface area contributed by atoms with E-state index in [0.717, 1.165) is 29.9 Å². The van der Waals surface area contributed by atoms with Crippen LogP contribution in [0.25, 0.3) is 16.9 Å². The van der Waals surface area contributed by atoms with Crippen molar-refractivity contribution in [3.05, 3.63) is 54.4 Å². The third kappa shape index (κ3) is 4.86. The van der Waals surface area contributed by atoms with E-state index in [1.54, 1.807) is 29.7 Å². The molecule has 170 valence electrons. The molecule has 2 amide bonds. The Morgan fingerprint density at radius 3 is 2.69 bits per heavy atom. The van der Waals surface area contributed by atoms with Gasteiger partial charge in [-0.3, -0.25) is 4.40 Å². The average Bonchev–Trinajstić information content (AvgIpc) is 3.18. The summed E-state index contributed by atoms with van der Waals surface area (Å²) in [6.07, 6.45) is 0.351. The van der Waals surface area contributed by atoms with Crippen LogP contribution >= 0.6 is 0 Å². The number of benzene rings is 1. The first-order chi connectivity index (χ1) is 15.1. The van der Waals surface area contributed by atoms with Crippen molar-refractivity contribution in [3.8, 4) is 11.3 Å². The van der Waals surface area contributed by atoms with Gasteiger partial charge in [0.15, 0.2) is 0 Å². The van der Waals surface area contributed by atoms with Crippen molar-refractivity contribution in [2.45, 2.75) is 24.6 Å². The number of carbonyl (C=O) groups excluding carboxylic acids is 1. The Balaban J connectivity index is 1.54. The number of carbonyl (C=O) groups is 1. The fraction of sp³-hybridized carbons (Fsp3) is 0.364. The van der Waals surface area contributed by atoms with Crippen molar-refractivity contribution in [2.24, 2.45) is 0 Å². The zero-order valence-corrected chi connectivity index (χ0v) is 17.5. The minimum atomic E-state index is -4.48. The number of hydrogen-bond acceptors (Lipinski definition) is 4. The van der Waals surface area contributed by atoms with E-state index in [4.69, 9.17) is 0 Å². The van der Waals surface area contributed by atoms with E-state index < -0.39 is 24.4 Å². The molecule has 3 aromatic rings. The van der Waals surface area contributed by atoms with Crippen molar-refractivity contribution < 1.29 is 23.1 Å². The molecule has 1 saturated heterocycles. The SMILES string of the molecule is CN1CCC(O)(c2ccn3c(-c4cccc(NC(=O)NCC(F)(F)F)c4)cnc3c2)CC1. The number of alkyl halides is 3. The first-order valence-electron chi connectivity index (χ1n) is 10.2. The van der Waals surface area contributed by atoms with Crippen molar-refractivity contribution >= 4 is 17.4 Å². The summed E-state index contributed by atoms with van der Waals surface area (Å²) >= 11 is 0. The molecule has 1 aliphatic heterocycles. The van der Waals surface area contributed by atoms with Gasteiger partial charge in [-0.1, -0.05) is 12.1 Å². The van der Waals surface area contributed by atoms with Gasteiger partial charge >= 0.3 is 12.2 Å². The van der Waals surface area contributed by atoms with Crippen LogP contribution in [-0.2, 0) is 5.60 Å². The molecule has 0 saturated carbocycles. The summed E-state index contributed by atoms with van der Waals surface area (Å²) in [5.74, 6) is 0. The number of anilines is 1. The quantitative estimate of drug-likeness (QED) is 0.571. The molecular formula is C22H24F3N5O2. The van der Waals surface area contributed by atoms with E-state index in [0.29, 0.717) is 24.2 Å². The van der Waals surface area contributed by atoms with Gasteiger partial charge in [-0.25, -0.2) is 9.78 Å². The van der Waals surface area contributed by atoms with Crippen LogP contribution in [0.4, 0.5) is 23.7 Å². The highest BCUT2D eigenvalue weighted by molar-refractivity contribution is 5.90. The van der Waals surface area contributed by atoms with Crippen molar-refractivity contribution in [1.29, 1.82) is 0 Å². The van der Waals surface area contributed by atoms with Crippen LogP contribution in [0.5, 0.6) is 0 Å². The van der Waals surface area contributed by atoms with Gasteiger partial charge in [-0.15, -0.1) is 0 Å². The fourth-order valence-electron chi connectivity index (χ4n) is 3.87. The van der Waals surface area contributed by atoms with Crippen LogP contribution in [0, 0.1) is 0 Å². The molecule has 0 unspecified atom stereocenters. The number of rotatable bonds is 4. The van der Waals surface area contributed by atoms with Crippen LogP contribution < -0.4 is 10.6 Å². The highest BCUT2D eigenvalue weighted by atomic mass is 19.4. The van der Waals surface area contributed by atoms with E-state index in [-0.39, 0.29) is 0 Å². The Kier molecular flexibility index (Phi) is 5.83. The second-order valence-electron chi connectivity index (χ2n) is 8.13. The molecule has 0 aliphatic carbocycles. The molecule has 0 spiro atoms. The topological polar surface area (TPSA) is 81.9 Å². The molecule has 0 radical (unpaired) electrons. The fourth-order valence-corrected chi connectivity index (χ4v) is 3.87. The first kappa shape index (κ1) is 22.1. The number of fused-ring (bicyclic) bond motifs is 1. The maximum absolute atomic E-state index is 12.3. The second-order valence-corrected chi connectivity index (χ2v) is 8.13. The molecule has 3 heterocycles. The Morgan fingerprint density at radius 1 is 1.22 bits per heavy atom. The molecule has 4 rings (SSSR count). The zero-order valence-electron chi connectivity index (χ0n) is 17.5. The summed E-state index contributed by atoms with van der Waals surface area (Å²) in [5, 5.41) is 15.3. The number of nitrogens with one attached hydrogen (secondary N) is 2. The normalized spacial score (nSPS) is 16.8. The number of urea groups is 1. The van der Waals surface area contributed by atoms with Gasteiger partial charge in [-0.05, 0) is 49.7 Å². The molecule has 10 heteroatoms. The van der Waals surface area contributed by atoms with E-state index in [1.165, 1.54) is 0 Å². The van der Waals surface area contributed by atoms with Gasteiger partial charge in [0.1, 0.15) is 12.2 Å². The Labute approximate surface area is 182 Å². The van der Waals surface area contributed by atoms with E-state index in [1.807, 2.05) is 35.8 Å². The number of likely N-dealkylation sites (tertiary alicyclic amines) is 1. The summed E-state index contributed by atoms with van der Waals surface area (Å²) in [7, 11) is 2.03. The minimum absolute atomic E-state index is 0.356. The molecule has 1 fully saturated rings. The maximum Gasteiger partial charge on any atom is 0.405 e. The molecule has 2 aromatic heterocycles. The third-order valence-electron chi connectivity index (χ3n) is 5.73. The summed E-state index contributed by atoms with van der Waals surface area (Å²) in [6.45, 7) is 0.228. The minimum Gasteiger partial charge on any atom is -0.385 e. The molecule has 1 aliphatic rings. The van der Waals surface area contributed by atoms with Crippen LogP contribution in [0.3, 0.4) is 0 Å². The smallest absolute Gasteiger partial charge is 0.385 e. The van der Waals surface area contributed by atoms with Crippen LogP contribution in [0.1, 0.15) is 18.4 Å². The summed E-state index contributed by atoms with van der Waals surface area (Å²) < 4.78 is 38.7. The molecule has 0 bridgehead atoms. The van der Waals surface area contributed by atoms with Gasteiger partial charge in [-0.2, -0.15) is 13.2 Å². The second kappa shape index (κ2) is 8.44. The molecule has 0 atom stereocenters. The Bertz CT molecular complexity index is 1120. The van der Waals surface area contributed by atoms with E-state index in [2.05, 4.69) is 15.2 Å². The number of pyridine rings is 1. The van der Waals surface area contributed by atoms with E-state index >= 15 is 0 Å². The zero-order chi connectivity index (χ0) is 22.9. The predicted octanol–water partition coefficient (Wildman–Crippen LogP) is 3.60. The molecule has 7 nitrogen and oxygen atoms in total. The number of piperidine rings is 1. The summed E-state index contributed by atoms with van der Waals surface area (Å²) in [4.78, 5) is 18.4. The third-order valence-corrected chi connectivity index (χ3v) is 5.73. The van der Waals surface area contributed by atoms with Crippen molar-refractivity contribution in [2.75, 3.05) is 32.0 Å². The van der Waals surface area contributed by atoms with Crippen LogP contribution in [0.2, 0.25) is 0 Å². The lowest BCUT2D eigenvalue weighted by molar-refractivity contribution is -0.122. The highest BCUT2D eigenvalue weighted by Gasteiger charge is 2.33. The Morgan fingerprint density at radius 2 is 1.97 bits per heavy atom. The molecule has 32 heavy (non-hydrogen) atoms. The number of halogens is 3. The number of aliphatic hydroxyl groups is 1. The van der Waals surface area contributed by atoms with Gasteiger partial charge < -0.3 is 20.6 Å². The van der Waals surface area contributed by atoms with Crippen molar-refractivity contribution in [1.82, 2.24) is 19.6 Å². The van der Waals surface area contributed by atoms with Gasteiger partial charge in [0.25, 0.3) is 0 Å². The average molecular weight is 447 g/mol. The van der Waals surface area contributed by atoms with Gasteiger partial charge in [0, 0.05) is 30.5 Å². The number of aromatic nitrogens is 2. The molecular weight excluding hydrogens is 423 g/mol. The Hall–Kier alpha value is -3.11. The summed E-state index contributed by atoms with van der Waals surface area (Å²) in [6, 6.07) is 9.60. The number of imidazole rings is 1. The molecule has 1 aromatic carbocycles. The van der Waals surface area contributed by atoms with Gasteiger partial charge in [0.2, 0.25) is 0 Å². The lowest BCUT2D eigenvalue weighted by atomic mass is 9.85. The lowest BCUT2D eigenvalue weighted by Gasteiger charge is -2.36. The van der Waals surface area contributed by atoms with Crippen LogP contribution in [-0.4, -0.2) is 58.3 Å². The molecule has 3 N–H and O–H groups in total.